The van der Waals surface area contributed by atoms with Crippen LogP contribution in [-0.4, -0.2) is 45.4 Å². The van der Waals surface area contributed by atoms with E-state index in [2.05, 4.69) is 50.2 Å². The van der Waals surface area contributed by atoms with E-state index in [9.17, 15) is 19.2 Å². The second-order valence-corrected chi connectivity index (χ2v) is 13.7. The van der Waals surface area contributed by atoms with Crippen molar-refractivity contribution in [3.05, 3.63) is 118 Å². The van der Waals surface area contributed by atoms with Gasteiger partial charge in [-0.2, -0.15) is 0 Å². The smallest absolute Gasteiger partial charge is 0.323 e. The number of nitrogens with one attached hydrogen (secondary N) is 2. The van der Waals surface area contributed by atoms with E-state index in [4.69, 9.17) is 4.74 Å². The lowest BCUT2D eigenvalue weighted by Crippen LogP contribution is -2.31. The molecule has 1 aliphatic rings. The summed E-state index contributed by atoms with van der Waals surface area (Å²) >= 11 is 0. The average Bonchev–Trinajstić information content (AvgIpc) is 3.38. The molecule has 0 atom stereocenters. The highest BCUT2D eigenvalue weighted by Gasteiger charge is 2.34. The van der Waals surface area contributed by atoms with E-state index in [1.807, 2.05) is 54.6 Å². The lowest BCUT2D eigenvalue weighted by molar-refractivity contribution is 0.0646. The molecule has 0 radical (unpaired) electrons. The molecule has 0 spiro atoms. The number of aryl methyl sites for hydroxylation is 1. The highest BCUT2D eigenvalue weighted by molar-refractivity contribution is 6.21. The van der Waals surface area contributed by atoms with Gasteiger partial charge in [0.25, 0.3) is 17.4 Å². The Hall–Kier alpha value is -5.77. The predicted octanol–water partition coefficient (Wildman–Crippen LogP) is 8.82. The fraction of sp³-hybridized carbons (Fsp3) is 0.310. The molecule has 6 rings (SSSR count). The van der Waals surface area contributed by atoms with Gasteiger partial charge in [-0.25, -0.2) is 9.78 Å². The summed E-state index contributed by atoms with van der Waals surface area (Å²) < 4.78 is 7.76. The van der Waals surface area contributed by atoms with Crippen LogP contribution in [0.3, 0.4) is 0 Å². The van der Waals surface area contributed by atoms with Crippen LogP contribution >= 0.6 is 0 Å². The number of aromatic nitrogens is 2. The van der Waals surface area contributed by atoms with Gasteiger partial charge in [-0.1, -0.05) is 83.5 Å². The van der Waals surface area contributed by atoms with Gasteiger partial charge in [-0.05, 0) is 77.8 Å². The number of nitrogens with zero attached hydrogens (tertiary/aromatic N) is 3. The third-order valence-electron chi connectivity index (χ3n) is 9.40. The summed E-state index contributed by atoms with van der Waals surface area (Å²) in [6, 6.07) is 23.4. The highest BCUT2D eigenvalue weighted by atomic mass is 16.5. The summed E-state index contributed by atoms with van der Waals surface area (Å²) in [4.78, 5) is 59.8. The summed E-state index contributed by atoms with van der Waals surface area (Å²) in [6.07, 6.45) is 3.74. The zero-order valence-electron chi connectivity index (χ0n) is 30.4. The first kappa shape index (κ1) is 36.0. The second kappa shape index (κ2) is 15.6. The number of benzene rings is 3. The van der Waals surface area contributed by atoms with Crippen LogP contribution in [0.25, 0.3) is 22.2 Å². The van der Waals surface area contributed by atoms with Crippen LogP contribution in [0.5, 0.6) is 5.75 Å². The average molecular weight is 700 g/mol. The normalized spacial score (nSPS) is 12.6. The quantitative estimate of drug-likeness (QED) is 0.0936. The van der Waals surface area contributed by atoms with E-state index in [-0.39, 0.29) is 48.0 Å². The van der Waals surface area contributed by atoms with E-state index in [1.165, 1.54) is 4.90 Å². The summed E-state index contributed by atoms with van der Waals surface area (Å²) in [5, 5.41) is 6.77. The standard InChI is InChI=1S/C42H45N5O5/c1-6-7-22-46-38-34(20-12-21-43-38)35(37(41(46)50)45-42(51)44-36-30(26(2)3)18-11-19-31(36)27(4)5)28-14-10-15-29(25-28)52-24-13-23-47-39(48)32-16-8-9-17-33(32)40(47)49/h8-12,14-21,25-27H,6-7,13,22-24H2,1-5H3,(H2,44,45,51). The molecule has 52 heavy (non-hydrogen) atoms. The Bertz CT molecular complexity index is 2140. The van der Waals surface area contributed by atoms with Crippen molar-refractivity contribution in [1.29, 1.82) is 0 Å². The number of carbonyl (C=O) groups excluding carboxylic acids is 3. The van der Waals surface area contributed by atoms with E-state index >= 15 is 0 Å². The molecule has 10 heteroatoms. The van der Waals surface area contributed by atoms with Crippen LogP contribution in [0.2, 0.25) is 0 Å². The van der Waals surface area contributed by atoms with Gasteiger partial charge in [0.1, 0.15) is 17.1 Å². The maximum Gasteiger partial charge on any atom is 0.323 e. The molecule has 0 bridgehead atoms. The zero-order valence-corrected chi connectivity index (χ0v) is 30.4. The topological polar surface area (TPSA) is 123 Å². The number of fused-ring (bicyclic) bond motifs is 2. The van der Waals surface area contributed by atoms with Gasteiger partial charge in [-0.15, -0.1) is 0 Å². The van der Waals surface area contributed by atoms with E-state index < -0.39 is 6.03 Å². The number of imide groups is 1. The number of amides is 4. The van der Waals surface area contributed by atoms with Gasteiger partial charge in [0, 0.05) is 35.9 Å². The van der Waals surface area contributed by atoms with Crippen LogP contribution in [0.4, 0.5) is 16.2 Å². The van der Waals surface area contributed by atoms with Gasteiger partial charge < -0.3 is 15.4 Å². The van der Waals surface area contributed by atoms with Gasteiger partial charge in [0.15, 0.2) is 0 Å². The van der Waals surface area contributed by atoms with E-state index in [0.29, 0.717) is 52.0 Å². The number of hydrogen-bond acceptors (Lipinski definition) is 6. The van der Waals surface area contributed by atoms with Crippen LogP contribution in [-0.2, 0) is 6.54 Å². The largest absolute Gasteiger partial charge is 0.494 e. The molecule has 0 fully saturated rings. The Morgan fingerprint density at radius 1 is 0.769 bits per heavy atom. The minimum atomic E-state index is -0.515. The molecule has 3 heterocycles. The number of unbranched alkanes of at least 4 members (excludes halogenated alkanes) is 1. The predicted molar refractivity (Wildman–Crippen MR) is 206 cm³/mol. The lowest BCUT2D eigenvalue weighted by Gasteiger charge is -2.22. The molecule has 0 saturated carbocycles. The Balaban J connectivity index is 1.31. The molecular weight excluding hydrogens is 654 g/mol. The molecule has 5 aromatic rings. The molecule has 4 amide bonds. The van der Waals surface area contributed by atoms with Crippen LogP contribution < -0.4 is 20.9 Å². The zero-order chi connectivity index (χ0) is 36.9. The molecule has 3 aromatic carbocycles. The van der Waals surface area contributed by atoms with Crippen molar-refractivity contribution < 1.29 is 19.1 Å². The van der Waals surface area contributed by atoms with Crippen LogP contribution in [0, 0.1) is 0 Å². The second-order valence-electron chi connectivity index (χ2n) is 13.7. The SMILES string of the molecule is CCCCn1c(=O)c(NC(=O)Nc2c(C(C)C)cccc2C(C)C)c(-c2cccc(OCCCN3C(=O)c4ccccc4C3=O)c2)c2cccnc21. The fourth-order valence-corrected chi connectivity index (χ4v) is 6.77. The number of para-hydroxylation sites is 1. The summed E-state index contributed by atoms with van der Waals surface area (Å²) in [5.74, 6) is 0.272. The Labute approximate surface area is 303 Å². The van der Waals surface area contributed by atoms with Crippen molar-refractivity contribution in [1.82, 2.24) is 14.5 Å². The van der Waals surface area contributed by atoms with Gasteiger partial charge >= 0.3 is 6.03 Å². The van der Waals surface area contributed by atoms with Crippen molar-refractivity contribution >= 4 is 40.3 Å². The molecule has 1 aliphatic heterocycles. The number of urea groups is 1. The fourth-order valence-electron chi connectivity index (χ4n) is 6.77. The van der Waals surface area contributed by atoms with Gasteiger partial charge in [0.05, 0.1) is 17.7 Å². The lowest BCUT2D eigenvalue weighted by atomic mass is 9.93. The summed E-state index contributed by atoms with van der Waals surface area (Å²) in [7, 11) is 0. The molecule has 268 valence electrons. The molecule has 0 aliphatic carbocycles. The Morgan fingerprint density at radius 2 is 1.42 bits per heavy atom. The van der Waals surface area contributed by atoms with Crippen molar-refractivity contribution in [3.8, 4) is 16.9 Å². The van der Waals surface area contributed by atoms with E-state index in [0.717, 1.165) is 29.7 Å². The highest BCUT2D eigenvalue weighted by Crippen LogP contribution is 2.36. The third kappa shape index (κ3) is 7.19. The number of pyridine rings is 2. The van der Waals surface area contributed by atoms with E-state index in [1.54, 1.807) is 35.0 Å². The minimum Gasteiger partial charge on any atom is -0.494 e. The molecule has 0 unspecified atom stereocenters. The Morgan fingerprint density at radius 3 is 2.08 bits per heavy atom. The first-order valence-electron chi connectivity index (χ1n) is 18.0. The first-order valence-corrected chi connectivity index (χ1v) is 18.0. The van der Waals surface area contributed by atoms with Crippen molar-refractivity contribution in [2.45, 2.75) is 72.3 Å². The summed E-state index contributed by atoms with van der Waals surface area (Å²) in [6.45, 7) is 11.3. The van der Waals surface area contributed by atoms with Gasteiger partial charge in [-0.3, -0.25) is 23.9 Å². The molecule has 10 nitrogen and oxygen atoms in total. The maximum atomic E-state index is 14.4. The summed E-state index contributed by atoms with van der Waals surface area (Å²) in [5.41, 5.74) is 5.13. The van der Waals surface area contributed by atoms with Gasteiger partial charge in [0.2, 0.25) is 0 Å². The van der Waals surface area contributed by atoms with Crippen LogP contribution in [0.1, 0.15) is 97.6 Å². The van der Waals surface area contributed by atoms with Crippen molar-refractivity contribution in [3.63, 3.8) is 0 Å². The molecule has 2 aromatic heterocycles. The Kier molecular flexibility index (Phi) is 10.8. The number of ether oxygens (including phenoxy) is 1. The molecule has 0 saturated heterocycles. The first-order chi connectivity index (χ1) is 25.1. The van der Waals surface area contributed by atoms with Crippen molar-refractivity contribution in [2.24, 2.45) is 0 Å². The molecular formula is C42H45N5O5. The number of rotatable bonds is 13. The maximum absolute atomic E-state index is 14.4. The number of anilines is 2. The van der Waals surface area contributed by atoms with Crippen molar-refractivity contribution in [2.75, 3.05) is 23.8 Å². The third-order valence-corrected chi connectivity index (χ3v) is 9.40. The minimum absolute atomic E-state index is 0.144. The monoisotopic (exact) mass is 699 g/mol. The molecule has 2 N–H and O–H groups in total. The number of hydrogen-bond donors (Lipinski definition) is 2. The van der Waals surface area contributed by atoms with Crippen LogP contribution in [0.15, 0.2) is 89.9 Å². The number of carbonyl (C=O) groups is 3.